The number of hydrogen-bond donors (Lipinski definition) is 2. The summed E-state index contributed by atoms with van der Waals surface area (Å²) in [6, 6.07) is -0.0169. The predicted molar refractivity (Wildman–Crippen MR) is 82.7 cm³/mol. The summed E-state index contributed by atoms with van der Waals surface area (Å²) in [4.78, 5) is 18.5. The van der Waals surface area contributed by atoms with Crippen LogP contribution in [0.1, 0.15) is 32.6 Å². The van der Waals surface area contributed by atoms with Gasteiger partial charge >= 0.3 is 6.03 Å². The molecule has 2 heterocycles. The van der Waals surface area contributed by atoms with Crippen LogP contribution in [-0.4, -0.2) is 68.2 Å². The molecule has 8 heteroatoms. The number of nitrogens with one attached hydrogen (secondary N) is 1. The summed E-state index contributed by atoms with van der Waals surface area (Å²) >= 11 is 0. The molecule has 3 rings (SSSR count). The van der Waals surface area contributed by atoms with Crippen molar-refractivity contribution in [2.75, 3.05) is 19.8 Å². The van der Waals surface area contributed by atoms with Gasteiger partial charge in [0.15, 0.2) is 0 Å². The number of carbonyl (C=O) groups excluding carboxylic acids is 1. The second kappa shape index (κ2) is 6.84. The topological polar surface area (TPSA) is 92.5 Å². The summed E-state index contributed by atoms with van der Waals surface area (Å²) in [5, 5.41) is 16.5. The fourth-order valence-electron chi connectivity index (χ4n) is 3.24. The molecule has 1 aromatic rings. The van der Waals surface area contributed by atoms with Crippen molar-refractivity contribution in [3.8, 4) is 0 Å². The maximum absolute atomic E-state index is 12.7. The van der Waals surface area contributed by atoms with E-state index in [1.54, 1.807) is 11.0 Å². The molecule has 1 saturated carbocycles. The van der Waals surface area contributed by atoms with Gasteiger partial charge in [0.05, 0.1) is 31.4 Å². The zero-order valence-corrected chi connectivity index (χ0v) is 13.5. The second-order valence-electron chi connectivity index (χ2n) is 6.60. The molecule has 1 saturated heterocycles. The van der Waals surface area contributed by atoms with Crippen molar-refractivity contribution in [3.05, 3.63) is 12.7 Å². The van der Waals surface area contributed by atoms with Gasteiger partial charge in [0.2, 0.25) is 0 Å². The van der Waals surface area contributed by atoms with Crippen LogP contribution in [0, 0.1) is 0 Å². The summed E-state index contributed by atoms with van der Waals surface area (Å²) in [6.07, 6.45) is 6.77. The lowest BCUT2D eigenvalue weighted by atomic mass is 9.75. The molecule has 23 heavy (non-hydrogen) atoms. The fourth-order valence-corrected chi connectivity index (χ4v) is 3.24. The summed E-state index contributed by atoms with van der Waals surface area (Å²) in [6.45, 7) is 3.64. The number of ether oxygens (including phenoxy) is 1. The summed E-state index contributed by atoms with van der Waals surface area (Å²) < 4.78 is 7.43. The number of aliphatic hydroxyl groups excluding tert-OH is 1. The Morgan fingerprint density at radius 1 is 1.57 bits per heavy atom. The van der Waals surface area contributed by atoms with E-state index in [4.69, 9.17) is 4.74 Å². The van der Waals surface area contributed by atoms with Gasteiger partial charge in [-0.3, -0.25) is 4.68 Å². The van der Waals surface area contributed by atoms with E-state index in [-0.39, 0.29) is 30.3 Å². The molecule has 1 aromatic heterocycles. The second-order valence-corrected chi connectivity index (χ2v) is 6.60. The van der Waals surface area contributed by atoms with Crippen LogP contribution in [0.15, 0.2) is 12.7 Å². The molecule has 2 fully saturated rings. The zero-order chi connectivity index (χ0) is 16.3. The van der Waals surface area contributed by atoms with Crippen molar-refractivity contribution < 1.29 is 14.6 Å². The highest BCUT2D eigenvalue weighted by atomic mass is 16.5. The first-order chi connectivity index (χ1) is 11.1. The van der Waals surface area contributed by atoms with Crippen molar-refractivity contribution in [2.24, 2.45) is 0 Å². The number of urea groups is 1. The molecule has 128 valence electrons. The average Bonchev–Trinajstić information content (AvgIpc) is 3.04. The minimum Gasteiger partial charge on any atom is -0.394 e. The van der Waals surface area contributed by atoms with E-state index in [2.05, 4.69) is 15.4 Å². The summed E-state index contributed by atoms with van der Waals surface area (Å²) in [5.41, 5.74) is -0.165. The van der Waals surface area contributed by atoms with Gasteiger partial charge in [-0.1, -0.05) is 0 Å². The van der Waals surface area contributed by atoms with Gasteiger partial charge < -0.3 is 20.1 Å². The highest BCUT2D eigenvalue weighted by Crippen LogP contribution is 2.40. The van der Waals surface area contributed by atoms with Crippen LogP contribution >= 0.6 is 0 Å². The number of amides is 2. The quantitative estimate of drug-likeness (QED) is 0.817. The number of morpholine rings is 1. The van der Waals surface area contributed by atoms with Gasteiger partial charge in [-0.2, -0.15) is 5.10 Å². The van der Waals surface area contributed by atoms with Gasteiger partial charge in [0.25, 0.3) is 0 Å². The predicted octanol–water partition coefficient (Wildman–Crippen LogP) is 0.382. The molecule has 2 amide bonds. The number of rotatable bonds is 5. The molecule has 0 bridgehead atoms. The van der Waals surface area contributed by atoms with Crippen molar-refractivity contribution in [2.45, 2.75) is 56.8 Å². The van der Waals surface area contributed by atoms with Crippen LogP contribution in [0.2, 0.25) is 0 Å². The van der Waals surface area contributed by atoms with E-state index < -0.39 is 0 Å². The van der Waals surface area contributed by atoms with Crippen LogP contribution in [-0.2, 0) is 11.3 Å². The molecular weight excluding hydrogens is 298 g/mol. The normalized spacial score (nSPS) is 24.3. The highest BCUT2D eigenvalue weighted by Gasteiger charge is 2.49. The van der Waals surface area contributed by atoms with Crippen LogP contribution in [0.3, 0.4) is 0 Å². The van der Waals surface area contributed by atoms with E-state index in [0.717, 1.165) is 32.2 Å². The first-order valence-corrected chi connectivity index (χ1v) is 8.26. The van der Waals surface area contributed by atoms with Crippen LogP contribution in [0.5, 0.6) is 0 Å². The maximum Gasteiger partial charge on any atom is 0.318 e. The Morgan fingerprint density at radius 3 is 3.00 bits per heavy atom. The minimum absolute atomic E-state index is 0.0410. The van der Waals surface area contributed by atoms with Crippen LogP contribution in [0.4, 0.5) is 4.79 Å². The molecular formula is C15H25N5O3. The van der Waals surface area contributed by atoms with E-state index >= 15 is 0 Å². The van der Waals surface area contributed by atoms with Crippen molar-refractivity contribution in [1.29, 1.82) is 0 Å². The molecule has 1 aliphatic carbocycles. The molecule has 0 radical (unpaired) electrons. The number of aromatic nitrogens is 3. The number of carbonyl (C=O) groups is 1. The van der Waals surface area contributed by atoms with Gasteiger partial charge in [0.1, 0.15) is 12.7 Å². The molecule has 2 atom stereocenters. The molecule has 0 aromatic carbocycles. The van der Waals surface area contributed by atoms with Crippen molar-refractivity contribution in [1.82, 2.24) is 25.0 Å². The lowest BCUT2D eigenvalue weighted by Gasteiger charge is -2.54. The first kappa shape index (κ1) is 16.2. The smallest absolute Gasteiger partial charge is 0.318 e. The van der Waals surface area contributed by atoms with E-state index in [1.165, 1.54) is 6.33 Å². The van der Waals surface area contributed by atoms with Crippen LogP contribution < -0.4 is 5.32 Å². The van der Waals surface area contributed by atoms with E-state index in [1.807, 2.05) is 11.8 Å². The standard InChI is InChI=1S/C15H25N5O3/c1-12(3-6-19-11-16-10-17-19)18-14(22)20-7-13(8-21)23-9-15(20)4-2-5-15/h10-13,21H,2-9H2,1H3,(H,18,22). The Labute approximate surface area is 135 Å². The molecule has 8 nitrogen and oxygen atoms in total. The lowest BCUT2D eigenvalue weighted by Crippen LogP contribution is -2.67. The first-order valence-electron chi connectivity index (χ1n) is 8.26. The number of hydrogen-bond acceptors (Lipinski definition) is 5. The summed E-state index contributed by atoms with van der Waals surface area (Å²) in [7, 11) is 0. The monoisotopic (exact) mass is 323 g/mol. The number of aliphatic hydroxyl groups is 1. The SMILES string of the molecule is CC(CCn1cncn1)NC(=O)N1CC(CO)OCC12CCC2. The van der Waals surface area contributed by atoms with Gasteiger partial charge in [-0.15, -0.1) is 0 Å². The van der Waals surface area contributed by atoms with E-state index in [9.17, 15) is 9.90 Å². The Hall–Kier alpha value is -1.67. The molecule has 2 unspecified atom stereocenters. The van der Waals surface area contributed by atoms with Crippen molar-refractivity contribution in [3.63, 3.8) is 0 Å². The highest BCUT2D eigenvalue weighted by molar-refractivity contribution is 5.75. The maximum atomic E-state index is 12.7. The Bertz CT molecular complexity index is 517. The Kier molecular flexibility index (Phi) is 4.82. The largest absolute Gasteiger partial charge is 0.394 e. The average molecular weight is 323 g/mol. The fraction of sp³-hybridized carbons (Fsp3) is 0.800. The molecule has 1 aliphatic heterocycles. The van der Waals surface area contributed by atoms with Crippen LogP contribution in [0.25, 0.3) is 0 Å². The molecule has 2 aliphatic rings. The third-order valence-electron chi connectivity index (χ3n) is 4.91. The van der Waals surface area contributed by atoms with Gasteiger partial charge in [-0.05, 0) is 32.6 Å². The summed E-state index contributed by atoms with van der Waals surface area (Å²) in [5.74, 6) is 0. The zero-order valence-electron chi connectivity index (χ0n) is 13.5. The Morgan fingerprint density at radius 2 is 2.39 bits per heavy atom. The molecule has 1 spiro atoms. The van der Waals surface area contributed by atoms with E-state index in [0.29, 0.717) is 13.2 Å². The van der Waals surface area contributed by atoms with Gasteiger partial charge in [-0.25, -0.2) is 9.78 Å². The number of aryl methyl sites for hydroxylation is 1. The molecule has 2 N–H and O–H groups in total. The van der Waals surface area contributed by atoms with Crippen molar-refractivity contribution >= 4 is 6.03 Å². The third kappa shape index (κ3) is 3.48. The lowest BCUT2D eigenvalue weighted by molar-refractivity contribution is -0.133. The minimum atomic E-state index is -0.280. The third-order valence-corrected chi connectivity index (χ3v) is 4.91. The Balaban J connectivity index is 1.54. The number of nitrogens with zero attached hydrogens (tertiary/aromatic N) is 4. The van der Waals surface area contributed by atoms with Gasteiger partial charge in [0, 0.05) is 12.6 Å².